The highest BCUT2D eigenvalue weighted by atomic mass is 16.1. The molecule has 0 atom stereocenters. The lowest BCUT2D eigenvalue weighted by atomic mass is 10.0. The van der Waals surface area contributed by atoms with E-state index in [9.17, 15) is 4.79 Å². The Morgan fingerprint density at radius 3 is 2.20 bits per heavy atom. The quantitative estimate of drug-likeness (QED) is 0.919. The van der Waals surface area contributed by atoms with E-state index in [0.29, 0.717) is 12.1 Å². The van der Waals surface area contributed by atoms with Crippen LogP contribution in [0, 0.1) is 13.8 Å². The van der Waals surface area contributed by atoms with Gasteiger partial charge in [-0.05, 0) is 52.7 Å². The van der Waals surface area contributed by atoms with Gasteiger partial charge in [0.05, 0.1) is 0 Å². The van der Waals surface area contributed by atoms with Crippen molar-refractivity contribution in [2.24, 2.45) is 0 Å². The normalized spacial score (nSPS) is 17.4. The Bertz CT molecular complexity index is 454. The van der Waals surface area contributed by atoms with Crippen molar-refractivity contribution in [2.45, 2.75) is 52.6 Å². The summed E-state index contributed by atoms with van der Waals surface area (Å²) in [6.07, 6.45) is 2.10. The van der Waals surface area contributed by atoms with Crippen LogP contribution in [0.15, 0.2) is 18.2 Å². The Balaban J connectivity index is 1.92. The van der Waals surface area contributed by atoms with Crippen molar-refractivity contribution in [3.8, 4) is 0 Å². The molecule has 20 heavy (non-hydrogen) atoms. The summed E-state index contributed by atoms with van der Waals surface area (Å²) in [7, 11) is 0. The molecule has 0 radical (unpaired) electrons. The van der Waals surface area contributed by atoms with Gasteiger partial charge in [0.2, 0.25) is 0 Å². The third-order valence-corrected chi connectivity index (χ3v) is 4.08. The van der Waals surface area contributed by atoms with Crippen LogP contribution < -0.4 is 5.32 Å². The van der Waals surface area contributed by atoms with Crippen molar-refractivity contribution in [2.75, 3.05) is 13.1 Å². The Morgan fingerprint density at radius 1 is 1.15 bits per heavy atom. The summed E-state index contributed by atoms with van der Waals surface area (Å²) in [5, 5.41) is 3.18. The zero-order valence-corrected chi connectivity index (χ0v) is 13.1. The van der Waals surface area contributed by atoms with Gasteiger partial charge in [0, 0.05) is 30.7 Å². The summed E-state index contributed by atoms with van der Waals surface area (Å²) in [5.74, 6) is 0.0693. The Hall–Kier alpha value is -1.35. The van der Waals surface area contributed by atoms with Crippen molar-refractivity contribution in [3.63, 3.8) is 0 Å². The number of carbonyl (C=O) groups is 1. The van der Waals surface area contributed by atoms with E-state index in [4.69, 9.17) is 0 Å². The van der Waals surface area contributed by atoms with E-state index in [2.05, 4.69) is 30.1 Å². The fraction of sp³-hybridized carbons (Fsp3) is 0.588. The van der Waals surface area contributed by atoms with Gasteiger partial charge in [-0.15, -0.1) is 0 Å². The molecule has 1 fully saturated rings. The fourth-order valence-corrected chi connectivity index (χ4v) is 2.93. The molecular weight excluding hydrogens is 248 g/mol. The second-order valence-corrected chi connectivity index (χ2v) is 6.25. The molecule has 1 aliphatic heterocycles. The second-order valence-electron chi connectivity index (χ2n) is 6.25. The van der Waals surface area contributed by atoms with Crippen LogP contribution in [0.2, 0.25) is 0 Å². The smallest absolute Gasteiger partial charge is 0.251 e. The largest absolute Gasteiger partial charge is 0.349 e. The molecule has 1 amide bonds. The maximum absolute atomic E-state index is 12.3. The predicted molar refractivity (Wildman–Crippen MR) is 83.1 cm³/mol. The number of hydrogen-bond acceptors (Lipinski definition) is 2. The number of carbonyl (C=O) groups excluding carboxylic acids is 1. The minimum atomic E-state index is 0.0693. The molecule has 0 bridgehead atoms. The lowest BCUT2D eigenvalue weighted by Gasteiger charge is -2.34. The van der Waals surface area contributed by atoms with Gasteiger partial charge in [0.1, 0.15) is 0 Å². The van der Waals surface area contributed by atoms with Gasteiger partial charge in [-0.3, -0.25) is 4.79 Å². The van der Waals surface area contributed by atoms with E-state index >= 15 is 0 Å². The van der Waals surface area contributed by atoms with Crippen molar-refractivity contribution in [1.29, 1.82) is 0 Å². The number of likely N-dealkylation sites (tertiary alicyclic amines) is 1. The molecule has 1 N–H and O–H groups in total. The molecule has 0 aliphatic carbocycles. The van der Waals surface area contributed by atoms with Gasteiger partial charge in [-0.25, -0.2) is 0 Å². The maximum Gasteiger partial charge on any atom is 0.251 e. The van der Waals surface area contributed by atoms with Gasteiger partial charge >= 0.3 is 0 Å². The summed E-state index contributed by atoms with van der Waals surface area (Å²) in [6, 6.07) is 6.94. The number of amides is 1. The van der Waals surface area contributed by atoms with Gasteiger partial charge in [-0.2, -0.15) is 0 Å². The molecule has 3 heteroatoms. The van der Waals surface area contributed by atoms with Gasteiger partial charge < -0.3 is 10.2 Å². The van der Waals surface area contributed by atoms with Gasteiger partial charge in [0.25, 0.3) is 5.91 Å². The van der Waals surface area contributed by atoms with Crippen LogP contribution in [0.5, 0.6) is 0 Å². The van der Waals surface area contributed by atoms with Crippen LogP contribution in [-0.4, -0.2) is 36.0 Å². The van der Waals surface area contributed by atoms with Crippen LogP contribution in [0.4, 0.5) is 0 Å². The zero-order chi connectivity index (χ0) is 14.7. The summed E-state index contributed by atoms with van der Waals surface area (Å²) in [6.45, 7) is 10.7. The predicted octanol–water partition coefficient (Wildman–Crippen LogP) is 2.91. The van der Waals surface area contributed by atoms with E-state index < -0.39 is 0 Å². The second kappa shape index (κ2) is 6.40. The van der Waals surface area contributed by atoms with E-state index in [1.165, 1.54) is 0 Å². The molecule has 3 nitrogen and oxygen atoms in total. The van der Waals surface area contributed by atoms with Crippen LogP contribution in [0.1, 0.15) is 48.2 Å². The maximum atomic E-state index is 12.3. The third-order valence-electron chi connectivity index (χ3n) is 4.08. The molecule has 0 aromatic heterocycles. The first-order valence-corrected chi connectivity index (χ1v) is 7.59. The number of piperidine rings is 1. The highest BCUT2D eigenvalue weighted by Crippen LogP contribution is 2.14. The first-order chi connectivity index (χ1) is 9.45. The van der Waals surface area contributed by atoms with E-state index in [-0.39, 0.29) is 5.91 Å². The molecule has 2 rings (SSSR count). The topological polar surface area (TPSA) is 32.3 Å². The first-order valence-electron chi connectivity index (χ1n) is 7.59. The Labute approximate surface area is 122 Å². The average molecular weight is 274 g/mol. The van der Waals surface area contributed by atoms with Gasteiger partial charge in [-0.1, -0.05) is 17.2 Å². The van der Waals surface area contributed by atoms with Crippen LogP contribution >= 0.6 is 0 Å². The number of nitrogens with one attached hydrogen (secondary N) is 1. The lowest BCUT2D eigenvalue weighted by molar-refractivity contribution is 0.0900. The van der Waals surface area contributed by atoms with Crippen molar-refractivity contribution < 1.29 is 4.79 Å². The highest BCUT2D eigenvalue weighted by molar-refractivity contribution is 5.94. The standard InChI is InChI=1S/C17H26N2O/c1-12(2)19-7-5-16(6-8-19)18-17(20)15-10-13(3)9-14(4)11-15/h9-12,16H,5-8H2,1-4H3,(H,18,20). The van der Waals surface area contributed by atoms with Crippen molar-refractivity contribution in [3.05, 3.63) is 34.9 Å². The van der Waals surface area contributed by atoms with Crippen molar-refractivity contribution in [1.82, 2.24) is 10.2 Å². The summed E-state index contributed by atoms with van der Waals surface area (Å²) in [4.78, 5) is 14.8. The third kappa shape index (κ3) is 3.83. The summed E-state index contributed by atoms with van der Waals surface area (Å²) < 4.78 is 0. The number of hydrogen-bond donors (Lipinski definition) is 1. The molecule has 0 spiro atoms. The minimum absolute atomic E-state index is 0.0693. The van der Waals surface area contributed by atoms with Crippen LogP contribution in [0.3, 0.4) is 0 Å². The Kier molecular flexibility index (Phi) is 4.81. The molecule has 110 valence electrons. The molecule has 1 aliphatic rings. The zero-order valence-electron chi connectivity index (χ0n) is 13.1. The van der Waals surface area contributed by atoms with E-state index in [0.717, 1.165) is 42.6 Å². The van der Waals surface area contributed by atoms with E-state index in [1.807, 2.05) is 26.0 Å². The SMILES string of the molecule is Cc1cc(C)cc(C(=O)NC2CCN(C(C)C)CC2)c1. The van der Waals surface area contributed by atoms with Crippen LogP contribution in [0.25, 0.3) is 0 Å². The summed E-state index contributed by atoms with van der Waals surface area (Å²) >= 11 is 0. The molecule has 0 unspecified atom stereocenters. The lowest BCUT2D eigenvalue weighted by Crippen LogP contribution is -2.46. The van der Waals surface area contributed by atoms with Gasteiger partial charge in [0.15, 0.2) is 0 Å². The number of nitrogens with zero attached hydrogens (tertiary/aromatic N) is 1. The monoisotopic (exact) mass is 274 g/mol. The highest BCUT2D eigenvalue weighted by Gasteiger charge is 2.22. The molecule has 0 saturated carbocycles. The number of benzene rings is 1. The first kappa shape index (κ1) is 15.0. The average Bonchev–Trinajstić information content (AvgIpc) is 2.38. The molecule has 1 aromatic rings. The summed E-state index contributed by atoms with van der Waals surface area (Å²) in [5.41, 5.74) is 3.07. The fourth-order valence-electron chi connectivity index (χ4n) is 2.93. The molecule has 1 heterocycles. The van der Waals surface area contributed by atoms with Crippen LogP contribution in [-0.2, 0) is 0 Å². The van der Waals surface area contributed by atoms with E-state index in [1.54, 1.807) is 0 Å². The molecule has 1 saturated heterocycles. The number of rotatable bonds is 3. The Morgan fingerprint density at radius 2 is 1.70 bits per heavy atom. The molecule has 1 aromatic carbocycles. The van der Waals surface area contributed by atoms with Crippen molar-refractivity contribution >= 4 is 5.91 Å². The minimum Gasteiger partial charge on any atom is -0.349 e. The molecular formula is C17H26N2O. The number of aryl methyl sites for hydroxylation is 2.